The Kier molecular flexibility index (Phi) is 6.60. The van der Waals surface area contributed by atoms with Gasteiger partial charge in [0.15, 0.2) is 0 Å². The van der Waals surface area contributed by atoms with Gasteiger partial charge >= 0.3 is 5.97 Å². The van der Waals surface area contributed by atoms with Crippen LogP contribution in [0.15, 0.2) is 24.3 Å². The van der Waals surface area contributed by atoms with Gasteiger partial charge in [0.2, 0.25) is 5.91 Å². The van der Waals surface area contributed by atoms with Crippen LogP contribution in [0.4, 0.5) is 5.69 Å². The lowest BCUT2D eigenvalue weighted by molar-refractivity contribution is -0.149. The molecule has 0 bridgehead atoms. The molecule has 0 radical (unpaired) electrons. The van der Waals surface area contributed by atoms with Crippen molar-refractivity contribution < 1.29 is 19.1 Å². The summed E-state index contributed by atoms with van der Waals surface area (Å²) in [5, 5.41) is 2.68. The predicted molar refractivity (Wildman–Crippen MR) is 71.9 cm³/mol. The molecule has 1 amide bonds. The predicted octanol–water partition coefficient (Wildman–Crippen LogP) is 1.90. The lowest BCUT2D eigenvalue weighted by Crippen LogP contribution is -2.21. The highest BCUT2D eigenvalue weighted by Gasteiger charge is 2.06. The Bertz CT molecular complexity index is 431. The van der Waals surface area contributed by atoms with Crippen molar-refractivity contribution in [1.82, 2.24) is 0 Å². The van der Waals surface area contributed by atoms with Gasteiger partial charge in [-0.15, -0.1) is 0 Å². The summed E-state index contributed by atoms with van der Waals surface area (Å²) in [6.45, 7) is 3.84. The number of rotatable bonds is 7. The lowest BCUT2D eigenvalue weighted by atomic mass is 10.2. The van der Waals surface area contributed by atoms with E-state index in [0.717, 1.165) is 12.0 Å². The molecular formula is C14H19NO4. The molecule has 0 aliphatic rings. The minimum Gasteiger partial charge on any atom is -0.464 e. The van der Waals surface area contributed by atoms with Crippen LogP contribution in [-0.2, 0) is 19.1 Å². The van der Waals surface area contributed by atoms with Crippen LogP contribution in [0.25, 0.3) is 0 Å². The van der Waals surface area contributed by atoms with Crippen molar-refractivity contribution in [3.05, 3.63) is 29.8 Å². The average molecular weight is 265 g/mol. The van der Waals surface area contributed by atoms with Gasteiger partial charge in [-0.1, -0.05) is 19.1 Å². The van der Waals surface area contributed by atoms with E-state index in [2.05, 4.69) is 5.32 Å². The summed E-state index contributed by atoms with van der Waals surface area (Å²) in [7, 11) is 0. The first-order valence-electron chi connectivity index (χ1n) is 6.21. The van der Waals surface area contributed by atoms with Crippen LogP contribution in [0.1, 0.15) is 18.9 Å². The second-order valence-electron chi connectivity index (χ2n) is 4.13. The van der Waals surface area contributed by atoms with E-state index in [1.54, 1.807) is 6.07 Å². The summed E-state index contributed by atoms with van der Waals surface area (Å²) < 4.78 is 9.78. The Balaban J connectivity index is 2.23. The molecule has 0 aromatic heterocycles. The molecule has 1 aromatic rings. The molecule has 1 rings (SSSR count). The molecule has 0 atom stereocenters. The number of carbonyl (C=O) groups excluding carboxylic acids is 2. The maximum absolute atomic E-state index is 11.5. The Labute approximate surface area is 112 Å². The quantitative estimate of drug-likeness (QED) is 0.765. The van der Waals surface area contributed by atoms with Crippen molar-refractivity contribution in [2.24, 2.45) is 0 Å². The third kappa shape index (κ3) is 6.57. The van der Waals surface area contributed by atoms with E-state index < -0.39 is 5.97 Å². The van der Waals surface area contributed by atoms with Crippen LogP contribution in [-0.4, -0.2) is 31.7 Å². The standard InChI is InChI=1S/C14H19NO4/c1-3-7-19-14(17)10-18-9-13(16)15-12-6-4-5-11(2)8-12/h4-6,8H,3,7,9-10H2,1-2H3,(H,15,16). The van der Waals surface area contributed by atoms with Gasteiger partial charge in [-0.2, -0.15) is 0 Å². The minimum absolute atomic E-state index is 0.171. The number of esters is 1. The summed E-state index contributed by atoms with van der Waals surface area (Å²) in [6.07, 6.45) is 0.763. The lowest BCUT2D eigenvalue weighted by Gasteiger charge is -2.07. The van der Waals surface area contributed by atoms with Gasteiger partial charge in [0.25, 0.3) is 0 Å². The molecule has 19 heavy (non-hydrogen) atoms. The highest BCUT2D eigenvalue weighted by Crippen LogP contribution is 2.09. The van der Waals surface area contributed by atoms with Crippen LogP contribution in [0.5, 0.6) is 0 Å². The number of benzene rings is 1. The molecule has 0 saturated carbocycles. The molecule has 5 nitrogen and oxygen atoms in total. The van der Waals surface area contributed by atoms with Crippen molar-refractivity contribution in [1.29, 1.82) is 0 Å². The van der Waals surface area contributed by atoms with Crippen molar-refractivity contribution in [2.45, 2.75) is 20.3 Å². The topological polar surface area (TPSA) is 64.6 Å². The molecule has 0 unspecified atom stereocenters. The van der Waals surface area contributed by atoms with E-state index in [4.69, 9.17) is 9.47 Å². The molecular weight excluding hydrogens is 246 g/mol. The van der Waals surface area contributed by atoms with Crippen LogP contribution in [0, 0.1) is 6.92 Å². The summed E-state index contributed by atoms with van der Waals surface area (Å²) in [5.41, 5.74) is 1.77. The van der Waals surface area contributed by atoms with Crippen molar-refractivity contribution >= 4 is 17.6 Å². The highest BCUT2D eigenvalue weighted by molar-refractivity contribution is 5.91. The maximum atomic E-state index is 11.5. The van der Waals surface area contributed by atoms with Crippen LogP contribution in [0.2, 0.25) is 0 Å². The Hall–Kier alpha value is -1.88. The van der Waals surface area contributed by atoms with Crippen LogP contribution in [0.3, 0.4) is 0 Å². The average Bonchev–Trinajstić information content (AvgIpc) is 2.36. The largest absolute Gasteiger partial charge is 0.464 e. The van der Waals surface area contributed by atoms with Crippen LogP contribution < -0.4 is 5.32 Å². The minimum atomic E-state index is -0.454. The molecule has 1 N–H and O–H groups in total. The van der Waals surface area contributed by atoms with Gasteiger partial charge in [-0.25, -0.2) is 4.79 Å². The molecule has 104 valence electrons. The summed E-state index contributed by atoms with van der Waals surface area (Å²) in [6, 6.07) is 7.44. The molecule has 0 saturated heterocycles. The Morgan fingerprint density at radius 1 is 1.26 bits per heavy atom. The molecule has 0 spiro atoms. The fraction of sp³-hybridized carbons (Fsp3) is 0.429. The van der Waals surface area contributed by atoms with Gasteiger partial charge in [0.1, 0.15) is 13.2 Å². The van der Waals surface area contributed by atoms with E-state index >= 15 is 0 Å². The second kappa shape index (κ2) is 8.26. The summed E-state index contributed by atoms with van der Waals surface area (Å²) in [5.74, 6) is -0.751. The number of ether oxygens (including phenoxy) is 2. The number of amides is 1. The third-order valence-corrected chi connectivity index (χ3v) is 2.22. The maximum Gasteiger partial charge on any atom is 0.332 e. The van der Waals surface area contributed by atoms with Gasteiger partial charge in [-0.05, 0) is 31.0 Å². The van der Waals surface area contributed by atoms with E-state index in [1.165, 1.54) is 0 Å². The fourth-order valence-electron chi connectivity index (χ4n) is 1.40. The van der Waals surface area contributed by atoms with E-state index in [9.17, 15) is 9.59 Å². The first-order valence-corrected chi connectivity index (χ1v) is 6.21. The SMILES string of the molecule is CCCOC(=O)COCC(=O)Nc1cccc(C)c1. The number of carbonyl (C=O) groups is 2. The fourth-order valence-corrected chi connectivity index (χ4v) is 1.40. The number of anilines is 1. The van der Waals surface area contributed by atoms with E-state index in [-0.39, 0.29) is 19.1 Å². The summed E-state index contributed by atoms with van der Waals surface area (Å²) >= 11 is 0. The number of aryl methyl sites for hydroxylation is 1. The highest BCUT2D eigenvalue weighted by atomic mass is 16.6. The zero-order valence-electron chi connectivity index (χ0n) is 11.3. The summed E-state index contributed by atoms with van der Waals surface area (Å²) in [4.78, 5) is 22.6. The Morgan fingerprint density at radius 3 is 2.74 bits per heavy atom. The van der Waals surface area contributed by atoms with Gasteiger partial charge < -0.3 is 14.8 Å². The molecule has 0 aliphatic carbocycles. The van der Waals surface area contributed by atoms with Gasteiger partial charge in [0.05, 0.1) is 6.61 Å². The van der Waals surface area contributed by atoms with E-state index in [0.29, 0.717) is 12.3 Å². The number of hydrogen-bond acceptors (Lipinski definition) is 4. The van der Waals surface area contributed by atoms with Crippen molar-refractivity contribution in [2.75, 3.05) is 25.1 Å². The molecule has 0 fully saturated rings. The Morgan fingerprint density at radius 2 is 2.05 bits per heavy atom. The zero-order valence-corrected chi connectivity index (χ0v) is 11.3. The van der Waals surface area contributed by atoms with Crippen LogP contribution >= 0.6 is 0 Å². The molecule has 0 aliphatic heterocycles. The molecule has 5 heteroatoms. The third-order valence-electron chi connectivity index (χ3n) is 2.22. The number of nitrogens with one attached hydrogen (secondary N) is 1. The monoisotopic (exact) mass is 265 g/mol. The molecule has 0 heterocycles. The first-order chi connectivity index (χ1) is 9.11. The normalized spacial score (nSPS) is 10.0. The van der Waals surface area contributed by atoms with Crippen molar-refractivity contribution in [3.8, 4) is 0 Å². The smallest absolute Gasteiger partial charge is 0.332 e. The van der Waals surface area contributed by atoms with E-state index in [1.807, 2.05) is 32.0 Å². The van der Waals surface area contributed by atoms with Gasteiger partial charge in [-0.3, -0.25) is 4.79 Å². The van der Waals surface area contributed by atoms with Gasteiger partial charge in [0, 0.05) is 5.69 Å². The second-order valence-corrected chi connectivity index (χ2v) is 4.13. The first kappa shape index (κ1) is 15.2. The molecule has 1 aromatic carbocycles. The zero-order chi connectivity index (χ0) is 14.1. The number of hydrogen-bond donors (Lipinski definition) is 1. The van der Waals surface area contributed by atoms with Crippen molar-refractivity contribution in [3.63, 3.8) is 0 Å².